The van der Waals surface area contributed by atoms with Crippen LogP contribution in [0.4, 0.5) is 14.5 Å². The fraction of sp³-hybridized carbons (Fsp3) is 0.0625. The fourth-order valence-corrected chi connectivity index (χ4v) is 5.08. The number of anilines is 1. The lowest BCUT2D eigenvalue weighted by molar-refractivity contribution is 0.204. The number of H-pyrrole nitrogens is 2. The van der Waals surface area contributed by atoms with Crippen molar-refractivity contribution in [1.29, 1.82) is 0 Å². The Hall–Kier alpha value is -5.48. The number of aromatic amines is 2. The largest absolute Gasteiger partial charge is 0.373 e. The standard InChI is InChI=1S/C32H23F2N7O/c33-21-8-6-19(7-9-21)29-30-25(12-13-36-29)38-32(39-30)31-27-24(40-41-31)11-10-23(28(27)34)20-15-22(17-35-16-20)37-26(42)14-18-4-2-1-3-5-18/h1-13,15-17,26,37,42H,14H2,(H,38,39)(H,40,41). The fourth-order valence-electron chi connectivity index (χ4n) is 5.08. The third-order valence-electron chi connectivity index (χ3n) is 7.06. The summed E-state index contributed by atoms with van der Waals surface area (Å²) < 4.78 is 29.7. The van der Waals surface area contributed by atoms with Gasteiger partial charge in [-0.05, 0) is 54.1 Å². The first-order valence-electron chi connectivity index (χ1n) is 13.2. The quantitative estimate of drug-likeness (QED) is 0.166. The molecule has 206 valence electrons. The minimum Gasteiger partial charge on any atom is -0.373 e. The molecule has 4 N–H and O–H groups in total. The molecule has 0 fully saturated rings. The summed E-state index contributed by atoms with van der Waals surface area (Å²) in [4.78, 5) is 16.7. The lowest BCUT2D eigenvalue weighted by Crippen LogP contribution is -2.21. The first-order chi connectivity index (χ1) is 20.5. The Labute approximate surface area is 238 Å². The molecule has 7 aromatic rings. The molecule has 3 aromatic carbocycles. The highest BCUT2D eigenvalue weighted by atomic mass is 19.1. The number of nitrogens with zero attached hydrogens (tertiary/aromatic N) is 4. The number of pyridine rings is 2. The van der Waals surface area contributed by atoms with Crippen molar-refractivity contribution in [3.8, 4) is 33.9 Å². The van der Waals surface area contributed by atoms with Gasteiger partial charge in [0.2, 0.25) is 0 Å². The van der Waals surface area contributed by atoms with Gasteiger partial charge in [-0.3, -0.25) is 15.1 Å². The first kappa shape index (κ1) is 25.5. The van der Waals surface area contributed by atoms with Crippen LogP contribution in [0.25, 0.3) is 55.8 Å². The van der Waals surface area contributed by atoms with Crippen LogP contribution in [0, 0.1) is 11.6 Å². The zero-order valence-corrected chi connectivity index (χ0v) is 22.0. The van der Waals surface area contributed by atoms with Crippen LogP contribution in [-0.2, 0) is 6.42 Å². The Morgan fingerprint density at radius 1 is 0.857 bits per heavy atom. The maximum absolute atomic E-state index is 16.2. The number of rotatable bonds is 7. The number of aromatic nitrogens is 6. The van der Waals surface area contributed by atoms with Crippen molar-refractivity contribution in [2.45, 2.75) is 12.6 Å². The van der Waals surface area contributed by atoms with E-state index >= 15 is 4.39 Å². The predicted octanol–water partition coefficient (Wildman–Crippen LogP) is 6.48. The van der Waals surface area contributed by atoms with E-state index in [1.54, 1.807) is 55.0 Å². The summed E-state index contributed by atoms with van der Waals surface area (Å²) in [7, 11) is 0. The number of hydrogen-bond donors (Lipinski definition) is 4. The van der Waals surface area contributed by atoms with Crippen LogP contribution in [0.5, 0.6) is 0 Å². The predicted molar refractivity (Wildman–Crippen MR) is 157 cm³/mol. The van der Waals surface area contributed by atoms with Crippen molar-refractivity contribution in [3.63, 3.8) is 0 Å². The van der Waals surface area contributed by atoms with Crippen LogP contribution >= 0.6 is 0 Å². The van der Waals surface area contributed by atoms with Gasteiger partial charge in [0.25, 0.3) is 0 Å². The highest BCUT2D eigenvalue weighted by Gasteiger charge is 2.21. The van der Waals surface area contributed by atoms with E-state index in [1.165, 1.54) is 12.1 Å². The molecule has 4 heterocycles. The maximum Gasteiger partial charge on any atom is 0.159 e. The van der Waals surface area contributed by atoms with Gasteiger partial charge in [0, 0.05) is 35.5 Å². The molecule has 0 radical (unpaired) electrons. The number of aliphatic hydroxyl groups is 1. The molecule has 0 aliphatic heterocycles. The van der Waals surface area contributed by atoms with Gasteiger partial charge in [0.15, 0.2) is 5.82 Å². The average Bonchev–Trinajstić information content (AvgIpc) is 3.63. The number of nitrogens with one attached hydrogen (secondary N) is 3. The zero-order chi connectivity index (χ0) is 28.6. The molecule has 0 amide bonds. The normalized spacial score (nSPS) is 12.2. The van der Waals surface area contributed by atoms with Gasteiger partial charge < -0.3 is 15.4 Å². The second kappa shape index (κ2) is 10.5. The summed E-state index contributed by atoms with van der Waals surface area (Å²) in [6.07, 6.45) is 4.34. The summed E-state index contributed by atoms with van der Waals surface area (Å²) in [5.74, 6) is -0.471. The molecule has 0 bridgehead atoms. The zero-order valence-electron chi connectivity index (χ0n) is 22.0. The van der Waals surface area contributed by atoms with Crippen LogP contribution in [0.1, 0.15) is 5.56 Å². The van der Waals surface area contributed by atoms with Gasteiger partial charge in [-0.1, -0.05) is 30.3 Å². The number of halogens is 2. The number of hydrogen-bond acceptors (Lipinski definition) is 6. The van der Waals surface area contributed by atoms with E-state index in [-0.39, 0.29) is 11.2 Å². The molecule has 0 saturated carbocycles. The minimum absolute atomic E-state index is 0.269. The molecule has 4 aromatic heterocycles. The summed E-state index contributed by atoms with van der Waals surface area (Å²) in [5.41, 5.74) is 5.73. The lowest BCUT2D eigenvalue weighted by Gasteiger charge is -2.15. The second-order valence-electron chi connectivity index (χ2n) is 9.88. The number of imidazole rings is 1. The van der Waals surface area contributed by atoms with Gasteiger partial charge in [-0.15, -0.1) is 0 Å². The Bertz CT molecular complexity index is 2040. The Morgan fingerprint density at radius 2 is 1.69 bits per heavy atom. The van der Waals surface area contributed by atoms with Crippen LogP contribution in [0.3, 0.4) is 0 Å². The average molecular weight is 560 g/mol. The van der Waals surface area contributed by atoms with E-state index in [4.69, 9.17) is 4.98 Å². The lowest BCUT2D eigenvalue weighted by atomic mass is 10.0. The molecule has 1 atom stereocenters. The number of fused-ring (bicyclic) bond motifs is 2. The molecular formula is C32H23F2N7O. The molecule has 0 aliphatic carbocycles. The van der Waals surface area contributed by atoms with Gasteiger partial charge >= 0.3 is 0 Å². The van der Waals surface area contributed by atoms with Crippen molar-refractivity contribution in [2.24, 2.45) is 0 Å². The second-order valence-corrected chi connectivity index (χ2v) is 9.88. The van der Waals surface area contributed by atoms with E-state index in [2.05, 4.69) is 30.5 Å². The highest BCUT2D eigenvalue weighted by Crippen LogP contribution is 2.35. The number of benzene rings is 3. The Kier molecular flexibility index (Phi) is 6.37. The van der Waals surface area contributed by atoms with Crippen LogP contribution in [0.2, 0.25) is 0 Å². The van der Waals surface area contributed by atoms with Gasteiger partial charge in [-0.25, -0.2) is 13.8 Å². The Balaban J connectivity index is 1.24. The third-order valence-corrected chi connectivity index (χ3v) is 7.06. The van der Waals surface area contributed by atoms with E-state index < -0.39 is 12.0 Å². The van der Waals surface area contributed by atoms with E-state index in [0.717, 1.165) is 5.56 Å². The van der Waals surface area contributed by atoms with Gasteiger partial charge in [0.1, 0.15) is 29.1 Å². The third kappa shape index (κ3) is 4.73. The van der Waals surface area contributed by atoms with Crippen LogP contribution in [-0.4, -0.2) is 41.5 Å². The molecule has 7 rings (SSSR count). The van der Waals surface area contributed by atoms with Gasteiger partial charge in [-0.2, -0.15) is 5.10 Å². The highest BCUT2D eigenvalue weighted by molar-refractivity contribution is 5.98. The molecule has 1 unspecified atom stereocenters. The maximum atomic E-state index is 16.2. The molecular weight excluding hydrogens is 536 g/mol. The summed E-state index contributed by atoms with van der Waals surface area (Å²) in [5, 5.41) is 21.1. The molecule has 0 spiro atoms. The SMILES string of the molecule is OC(Cc1ccccc1)Nc1cncc(-c2ccc3[nH]nc(-c4nc5c(-c6ccc(F)cc6)nccc5[nH]4)c3c2F)c1. The van der Waals surface area contributed by atoms with E-state index in [0.29, 0.717) is 62.6 Å². The van der Waals surface area contributed by atoms with Crippen molar-refractivity contribution >= 4 is 27.6 Å². The Morgan fingerprint density at radius 3 is 2.52 bits per heavy atom. The van der Waals surface area contributed by atoms with Crippen molar-refractivity contribution in [1.82, 2.24) is 30.1 Å². The summed E-state index contributed by atoms with van der Waals surface area (Å²) >= 11 is 0. The molecule has 0 saturated heterocycles. The van der Waals surface area contributed by atoms with E-state index in [1.807, 2.05) is 30.3 Å². The van der Waals surface area contributed by atoms with Crippen molar-refractivity contribution < 1.29 is 13.9 Å². The van der Waals surface area contributed by atoms with Crippen molar-refractivity contribution in [3.05, 3.63) is 115 Å². The minimum atomic E-state index is -0.848. The molecule has 0 aliphatic rings. The van der Waals surface area contributed by atoms with Crippen molar-refractivity contribution in [2.75, 3.05) is 5.32 Å². The van der Waals surface area contributed by atoms with Crippen LogP contribution < -0.4 is 5.32 Å². The monoisotopic (exact) mass is 559 g/mol. The van der Waals surface area contributed by atoms with Gasteiger partial charge in [0.05, 0.1) is 34.0 Å². The summed E-state index contributed by atoms with van der Waals surface area (Å²) in [6, 6.07) is 22.6. The van der Waals surface area contributed by atoms with Crippen LogP contribution in [0.15, 0.2) is 97.5 Å². The molecule has 10 heteroatoms. The van der Waals surface area contributed by atoms with E-state index in [9.17, 15) is 9.50 Å². The summed E-state index contributed by atoms with van der Waals surface area (Å²) in [6.45, 7) is 0. The first-order valence-corrected chi connectivity index (χ1v) is 13.2. The number of aliphatic hydroxyl groups excluding tert-OH is 1. The topological polar surface area (TPSA) is 115 Å². The molecule has 8 nitrogen and oxygen atoms in total. The smallest absolute Gasteiger partial charge is 0.159 e. The molecule has 42 heavy (non-hydrogen) atoms.